The number of hydrogen-bond acceptors (Lipinski definition) is 7. The minimum Gasteiger partial charge on any atom is -0.469 e. The van der Waals surface area contributed by atoms with Gasteiger partial charge in [-0.05, 0) is 79.7 Å². The maximum Gasteiger partial charge on any atom is 0.410 e. The number of likely N-dealkylation sites (tertiary alicyclic amines) is 1. The number of piperidine rings is 1. The highest BCUT2D eigenvalue weighted by Gasteiger charge is 2.43. The summed E-state index contributed by atoms with van der Waals surface area (Å²) < 4.78 is 16.1. The molecule has 1 N–H and O–H groups in total. The van der Waals surface area contributed by atoms with E-state index >= 15 is 0 Å². The lowest BCUT2D eigenvalue weighted by Gasteiger charge is -2.40. The monoisotopic (exact) mass is 456 g/mol. The summed E-state index contributed by atoms with van der Waals surface area (Å²) in [6.07, 6.45) is 2.02. The summed E-state index contributed by atoms with van der Waals surface area (Å²) in [5, 5.41) is 3.30. The van der Waals surface area contributed by atoms with Crippen LogP contribution in [-0.4, -0.2) is 66.9 Å². The van der Waals surface area contributed by atoms with Gasteiger partial charge in [0.15, 0.2) is 0 Å². The predicted molar refractivity (Wildman–Crippen MR) is 123 cm³/mol. The Hall–Kier alpha value is -1.83. The van der Waals surface area contributed by atoms with Gasteiger partial charge in [-0.1, -0.05) is 13.8 Å². The Bertz CT molecular complexity index is 640. The number of nitrogens with zero attached hydrogens (tertiary/aromatic N) is 1. The van der Waals surface area contributed by atoms with Gasteiger partial charge in [-0.3, -0.25) is 9.59 Å². The lowest BCUT2D eigenvalue weighted by molar-refractivity contribution is -0.159. The summed E-state index contributed by atoms with van der Waals surface area (Å²) in [7, 11) is 1.40. The molecule has 1 heterocycles. The van der Waals surface area contributed by atoms with Crippen molar-refractivity contribution in [2.75, 3.05) is 26.7 Å². The number of carbonyl (C=O) groups is 3. The molecule has 8 heteroatoms. The van der Waals surface area contributed by atoms with Gasteiger partial charge in [-0.25, -0.2) is 4.79 Å². The smallest absolute Gasteiger partial charge is 0.410 e. The van der Waals surface area contributed by atoms with Crippen LogP contribution in [0.5, 0.6) is 0 Å². The summed E-state index contributed by atoms with van der Waals surface area (Å²) in [6.45, 7) is 16.5. The first-order chi connectivity index (χ1) is 14.6. The number of carbonyl (C=O) groups excluding carboxylic acids is 3. The van der Waals surface area contributed by atoms with Gasteiger partial charge in [-0.2, -0.15) is 0 Å². The highest BCUT2D eigenvalue weighted by molar-refractivity contribution is 5.78. The van der Waals surface area contributed by atoms with Crippen LogP contribution >= 0.6 is 0 Å². The molecule has 0 bridgehead atoms. The van der Waals surface area contributed by atoms with Gasteiger partial charge >= 0.3 is 18.0 Å². The first-order valence-electron chi connectivity index (χ1n) is 11.6. The molecule has 1 fully saturated rings. The first-order valence-corrected chi connectivity index (χ1v) is 11.6. The molecule has 0 aromatic heterocycles. The molecule has 1 atom stereocenters. The van der Waals surface area contributed by atoms with Gasteiger partial charge in [0.1, 0.15) is 17.2 Å². The molecule has 0 unspecified atom stereocenters. The average molecular weight is 457 g/mol. The Balaban J connectivity index is 2.67. The van der Waals surface area contributed by atoms with Crippen LogP contribution in [0.4, 0.5) is 4.79 Å². The summed E-state index contributed by atoms with van der Waals surface area (Å²) in [6, 6.07) is -0.405. The number of methoxy groups -OCH3 is 1. The molecule has 0 radical (unpaired) electrons. The van der Waals surface area contributed by atoms with Gasteiger partial charge in [-0.15, -0.1) is 0 Å². The number of rotatable bonds is 8. The highest BCUT2D eigenvalue weighted by Crippen LogP contribution is 2.37. The van der Waals surface area contributed by atoms with E-state index in [0.717, 1.165) is 0 Å². The van der Waals surface area contributed by atoms with E-state index < -0.39 is 22.7 Å². The van der Waals surface area contributed by atoms with E-state index in [2.05, 4.69) is 5.32 Å². The molecule has 0 aromatic rings. The zero-order valence-electron chi connectivity index (χ0n) is 21.5. The fourth-order valence-electron chi connectivity index (χ4n) is 3.86. The van der Waals surface area contributed by atoms with Crippen LogP contribution in [0.2, 0.25) is 0 Å². The molecule has 0 aromatic carbocycles. The Morgan fingerprint density at radius 1 is 0.969 bits per heavy atom. The van der Waals surface area contributed by atoms with Crippen molar-refractivity contribution in [3.63, 3.8) is 0 Å². The molecular weight excluding hydrogens is 412 g/mol. The lowest BCUT2D eigenvalue weighted by Crippen LogP contribution is -2.49. The fraction of sp³-hybridized carbons (Fsp3) is 0.875. The van der Waals surface area contributed by atoms with Gasteiger partial charge in [0.25, 0.3) is 0 Å². The molecule has 1 amide bonds. The van der Waals surface area contributed by atoms with Crippen LogP contribution in [-0.2, 0) is 23.8 Å². The minimum absolute atomic E-state index is 0.0801. The molecule has 1 aliphatic heterocycles. The normalized spacial score (nSPS) is 17.6. The number of amides is 1. The number of esters is 2. The van der Waals surface area contributed by atoms with E-state index in [-0.39, 0.29) is 23.9 Å². The van der Waals surface area contributed by atoms with Crippen molar-refractivity contribution >= 4 is 18.0 Å². The molecule has 0 saturated carbocycles. The second kappa shape index (κ2) is 11.3. The summed E-state index contributed by atoms with van der Waals surface area (Å²) in [4.78, 5) is 39.2. The Labute approximate surface area is 193 Å². The molecule has 32 heavy (non-hydrogen) atoms. The van der Waals surface area contributed by atoms with Crippen molar-refractivity contribution in [3.8, 4) is 0 Å². The zero-order valence-corrected chi connectivity index (χ0v) is 21.5. The Morgan fingerprint density at radius 2 is 1.50 bits per heavy atom. The third-order valence-corrected chi connectivity index (χ3v) is 5.51. The third kappa shape index (κ3) is 8.96. The van der Waals surface area contributed by atoms with Crippen LogP contribution in [0.15, 0.2) is 0 Å². The van der Waals surface area contributed by atoms with Crippen LogP contribution < -0.4 is 5.32 Å². The maximum absolute atomic E-state index is 12.6. The lowest BCUT2D eigenvalue weighted by atomic mass is 9.74. The van der Waals surface area contributed by atoms with Gasteiger partial charge < -0.3 is 24.4 Å². The van der Waals surface area contributed by atoms with Crippen molar-refractivity contribution in [3.05, 3.63) is 0 Å². The van der Waals surface area contributed by atoms with E-state index in [1.165, 1.54) is 7.11 Å². The van der Waals surface area contributed by atoms with Gasteiger partial charge in [0.2, 0.25) is 0 Å². The number of ether oxygens (including phenoxy) is 3. The Morgan fingerprint density at radius 3 is 1.94 bits per heavy atom. The zero-order chi connectivity index (χ0) is 24.7. The van der Waals surface area contributed by atoms with Crippen LogP contribution in [0.25, 0.3) is 0 Å². The number of hydrogen-bond donors (Lipinski definition) is 1. The molecule has 0 spiro atoms. The largest absolute Gasteiger partial charge is 0.469 e. The van der Waals surface area contributed by atoms with E-state index in [9.17, 15) is 14.4 Å². The van der Waals surface area contributed by atoms with Crippen molar-refractivity contribution in [2.45, 2.75) is 98.3 Å². The molecule has 8 nitrogen and oxygen atoms in total. The standard InChI is InChI=1S/C24H44N2O6/c1-17(2)18(19(27)31-22(3,4)5)25-14-10-11-24(20(28)30-9)12-15-26(16-13-24)21(29)32-23(6,7)8/h17-18,25H,10-16H2,1-9H3/t18-/m0/s1. The second-order valence-corrected chi connectivity index (χ2v) is 11.1. The summed E-state index contributed by atoms with van der Waals surface area (Å²) in [5.41, 5.74) is -1.72. The topological polar surface area (TPSA) is 94.2 Å². The molecule has 1 rings (SSSR count). The van der Waals surface area contributed by atoms with Gasteiger partial charge in [0.05, 0.1) is 12.5 Å². The van der Waals surface area contributed by atoms with Crippen molar-refractivity contribution in [1.29, 1.82) is 0 Å². The summed E-state index contributed by atoms with van der Waals surface area (Å²) in [5.74, 6) is -0.425. The average Bonchev–Trinajstić information content (AvgIpc) is 2.64. The highest BCUT2D eigenvalue weighted by atomic mass is 16.6. The molecule has 1 saturated heterocycles. The molecular formula is C24H44N2O6. The minimum atomic E-state index is -0.631. The number of nitrogens with one attached hydrogen (secondary N) is 1. The van der Waals surface area contributed by atoms with Crippen molar-refractivity contribution in [2.24, 2.45) is 11.3 Å². The molecule has 186 valence electrons. The van der Waals surface area contributed by atoms with E-state index in [1.54, 1.807) is 4.90 Å². The van der Waals surface area contributed by atoms with Crippen molar-refractivity contribution in [1.82, 2.24) is 10.2 Å². The Kier molecular flexibility index (Phi) is 10.00. The third-order valence-electron chi connectivity index (χ3n) is 5.51. The SMILES string of the molecule is COC(=O)C1(CCCN[C@H](C(=O)OC(C)(C)C)C(C)C)CCN(C(=O)OC(C)(C)C)CC1. The second-order valence-electron chi connectivity index (χ2n) is 11.1. The first kappa shape index (κ1) is 28.2. The quantitative estimate of drug-likeness (QED) is 0.336. The van der Waals surface area contributed by atoms with Crippen LogP contribution in [0.1, 0.15) is 81.1 Å². The van der Waals surface area contributed by atoms with E-state index in [1.807, 2.05) is 55.4 Å². The molecule has 1 aliphatic rings. The fourth-order valence-corrected chi connectivity index (χ4v) is 3.86. The predicted octanol–water partition coefficient (Wildman–Crippen LogP) is 3.91. The van der Waals surface area contributed by atoms with E-state index in [4.69, 9.17) is 14.2 Å². The van der Waals surface area contributed by atoms with Crippen LogP contribution in [0, 0.1) is 11.3 Å². The van der Waals surface area contributed by atoms with Crippen LogP contribution in [0.3, 0.4) is 0 Å². The summed E-state index contributed by atoms with van der Waals surface area (Å²) >= 11 is 0. The van der Waals surface area contributed by atoms with E-state index in [0.29, 0.717) is 45.3 Å². The maximum atomic E-state index is 12.6. The van der Waals surface area contributed by atoms with Gasteiger partial charge in [0, 0.05) is 13.1 Å². The van der Waals surface area contributed by atoms with Crippen molar-refractivity contribution < 1.29 is 28.6 Å². The molecule has 0 aliphatic carbocycles.